The lowest BCUT2D eigenvalue weighted by atomic mass is 9.68. The van der Waals surface area contributed by atoms with Gasteiger partial charge in [-0.25, -0.2) is 0 Å². The topological polar surface area (TPSA) is 63.7 Å². The Bertz CT molecular complexity index is 1500. The lowest BCUT2D eigenvalue weighted by molar-refractivity contribution is -0.124. The number of benzene rings is 3. The van der Waals surface area contributed by atoms with Crippen molar-refractivity contribution >= 4 is 11.6 Å². The predicted octanol–water partition coefficient (Wildman–Crippen LogP) is 7.68. The fourth-order valence-corrected chi connectivity index (χ4v) is 7.75. The Morgan fingerprint density at radius 1 is 0.796 bits per heavy atom. The van der Waals surface area contributed by atoms with E-state index in [0.29, 0.717) is 30.3 Å². The molecule has 0 saturated carbocycles. The van der Waals surface area contributed by atoms with Crippen molar-refractivity contribution in [2.45, 2.75) is 76.7 Å². The van der Waals surface area contributed by atoms with E-state index in [4.69, 9.17) is 18.9 Å². The minimum atomic E-state index is -0.619. The summed E-state index contributed by atoms with van der Waals surface area (Å²) >= 11 is 0. The van der Waals surface area contributed by atoms with Gasteiger partial charge in [0.15, 0.2) is 11.5 Å². The molecule has 1 fully saturated rings. The molecule has 2 aliphatic rings. The zero-order chi connectivity index (χ0) is 34.8. The van der Waals surface area contributed by atoms with Crippen LogP contribution in [-0.2, 0) is 16.6 Å². The molecule has 8 nitrogen and oxygen atoms in total. The SMILES string of the molecule is CCCCCCC1(c2ccccc2OCCCCN2CCN(C(C)c3cc(OC)c(OC)c(OC)c3)CC2)Cc2ccccc2N(C)C1=O. The smallest absolute Gasteiger partial charge is 0.237 e. The Morgan fingerprint density at radius 2 is 1.49 bits per heavy atom. The molecule has 1 saturated heterocycles. The number of piperazine rings is 1. The first-order valence-corrected chi connectivity index (χ1v) is 18.2. The maximum atomic E-state index is 14.3. The third kappa shape index (κ3) is 8.18. The van der Waals surface area contributed by atoms with Gasteiger partial charge in [-0.1, -0.05) is 69.0 Å². The highest BCUT2D eigenvalue weighted by molar-refractivity contribution is 6.04. The second kappa shape index (κ2) is 17.3. The fraction of sp³-hybridized carbons (Fsp3) is 0.537. The van der Waals surface area contributed by atoms with E-state index in [9.17, 15) is 4.79 Å². The Morgan fingerprint density at radius 3 is 2.18 bits per heavy atom. The number of fused-ring (bicyclic) bond motifs is 1. The number of unbranched alkanes of at least 4 members (excludes halogenated alkanes) is 4. The summed E-state index contributed by atoms with van der Waals surface area (Å²) in [5.74, 6) is 3.04. The number of methoxy groups -OCH3 is 3. The molecule has 1 amide bonds. The lowest BCUT2D eigenvalue weighted by Crippen LogP contribution is -2.50. The third-order valence-electron chi connectivity index (χ3n) is 10.7. The zero-order valence-corrected chi connectivity index (χ0v) is 30.6. The molecule has 0 aromatic heterocycles. The number of likely N-dealkylation sites (N-methyl/N-ethyl adjacent to an activating group) is 1. The first kappa shape index (κ1) is 36.5. The largest absolute Gasteiger partial charge is 0.493 e. The number of hydrogen-bond acceptors (Lipinski definition) is 7. The molecule has 0 radical (unpaired) electrons. The van der Waals surface area contributed by atoms with Crippen molar-refractivity contribution in [1.29, 1.82) is 0 Å². The Kier molecular flexibility index (Phi) is 12.9. The maximum absolute atomic E-state index is 14.3. The normalized spacial score (nSPS) is 19.0. The third-order valence-corrected chi connectivity index (χ3v) is 10.7. The van der Waals surface area contributed by atoms with Crippen LogP contribution in [0, 0.1) is 0 Å². The van der Waals surface area contributed by atoms with Crippen molar-refractivity contribution in [2.75, 3.05) is 72.6 Å². The number of hydrogen-bond donors (Lipinski definition) is 0. The number of ether oxygens (including phenoxy) is 4. The summed E-state index contributed by atoms with van der Waals surface area (Å²) in [6.45, 7) is 10.3. The van der Waals surface area contributed by atoms with Gasteiger partial charge in [0.2, 0.25) is 11.7 Å². The van der Waals surface area contributed by atoms with Crippen LogP contribution in [0.25, 0.3) is 0 Å². The monoisotopic (exact) mass is 671 g/mol. The molecule has 49 heavy (non-hydrogen) atoms. The number of amides is 1. The van der Waals surface area contributed by atoms with E-state index in [2.05, 4.69) is 72.2 Å². The molecule has 2 heterocycles. The summed E-state index contributed by atoms with van der Waals surface area (Å²) in [7, 11) is 6.89. The highest BCUT2D eigenvalue weighted by Crippen LogP contribution is 2.46. The van der Waals surface area contributed by atoms with Gasteiger partial charge < -0.3 is 28.7 Å². The highest BCUT2D eigenvalue weighted by atomic mass is 16.5. The molecule has 0 bridgehead atoms. The minimum absolute atomic E-state index is 0.178. The summed E-state index contributed by atoms with van der Waals surface area (Å²) in [4.78, 5) is 21.2. The van der Waals surface area contributed by atoms with Gasteiger partial charge in [0.1, 0.15) is 5.75 Å². The molecule has 5 rings (SSSR count). The van der Waals surface area contributed by atoms with E-state index < -0.39 is 5.41 Å². The number of nitrogens with zero attached hydrogens (tertiary/aromatic N) is 3. The van der Waals surface area contributed by atoms with Crippen LogP contribution in [0.1, 0.15) is 81.5 Å². The fourth-order valence-electron chi connectivity index (χ4n) is 7.75. The van der Waals surface area contributed by atoms with Crippen molar-refractivity contribution in [1.82, 2.24) is 9.80 Å². The molecule has 2 unspecified atom stereocenters. The number of rotatable bonds is 17. The molecule has 266 valence electrons. The quantitative estimate of drug-likeness (QED) is 0.137. The number of carbonyl (C=O) groups excluding carboxylic acids is 1. The van der Waals surface area contributed by atoms with E-state index in [1.807, 2.05) is 24.1 Å². The van der Waals surface area contributed by atoms with Crippen molar-refractivity contribution in [2.24, 2.45) is 0 Å². The Hall–Kier alpha value is -3.75. The molecule has 0 N–H and O–H groups in total. The summed E-state index contributed by atoms with van der Waals surface area (Å²) in [6, 6.07) is 21.0. The first-order valence-electron chi connectivity index (χ1n) is 18.2. The van der Waals surface area contributed by atoms with Crippen LogP contribution < -0.4 is 23.8 Å². The van der Waals surface area contributed by atoms with Gasteiger partial charge in [0.25, 0.3) is 0 Å². The van der Waals surface area contributed by atoms with Gasteiger partial charge in [-0.05, 0) is 74.5 Å². The number of para-hydroxylation sites is 2. The number of carbonyl (C=O) groups is 1. The molecule has 8 heteroatoms. The van der Waals surface area contributed by atoms with Crippen LogP contribution in [0.4, 0.5) is 5.69 Å². The first-order chi connectivity index (χ1) is 23.9. The Balaban J connectivity index is 1.16. The van der Waals surface area contributed by atoms with E-state index >= 15 is 0 Å². The highest BCUT2D eigenvalue weighted by Gasteiger charge is 2.47. The van der Waals surface area contributed by atoms with Crippen LogP contribution >= 0.6 is 0 Å². The molecule has 0 spiro atoms. The second-order valence-electron chi connectivity index (χ2n) is 13.6. The van der Waals surface area contributed by atoms with Crippen LogP contribution in [0.2, 0.25) is 0 Å². The van der Waals surface area contributed by atoms with Crippen LogP contribution in [0.15, 0.2) is 60.7 Å². The summed E-state index contributed by atoms with van der Waals surface area (Å²) in [5.41, 5.74) is 3.83. The van der Waals surface area contributed by atoms with E-state index in [1.54, 1.807) is 21.3 Å². The lowest BCUT2D eigenvalue weighted by Gasteiger charge is -2.42. The van der Waals surface area contributed by atoms with E-state index in [0.717, 1.165) is 87.4 Å². The van der Waals surface area contributed by atoms with Gasteiger partial charge in [0, 0.05) is 50.5 Å². The van der Waals surface area contributed by atoms with Crippen LogP contribution in [0.3, 0.4) is 0 Å². The molecular weight excluding hydrogens is 614 g/mol. The average molecular weight is 672 g/mol. The van der Waals surface area contributed by atoms with Crippen LogP contribution in [0.5, 0.6) is 23.0 Å². The maximum Gasteiger partial charge on any atom is 0.237 e. The van der Waals surface area contributed by atoms with Crippen molar-refractivity contribution < 1.29 is 23.7 Å². The van der Waals surface area contributed by atoms with E-state index in [-0.39, 0.29) is 11.9 Å². The van der Waals surface area contributed by atoms with E-state index in [1.165, 1.54) is 18.4 Å². The molecule has 2 atom stereocenters. The molecule has 3 aromatic rings. The molecular formula is C41H57N3O5. The standard InChI is InChI=1S/C41H57N3O5/c1-7-8-9-14-21-41(30-32-17-10-12-19-35(32)42(3)40(41)45)34-18-11-13-20-36(34)49-27-16-15-22-43-23-25-44(26-24-43)31(2)33-28-37(46-4)39(48-6)38(29-33)47-5/h10-13,17-20,28-29,31H,7-9,14-16,21-27,30H2,1-6H3. The second-order valence-corrected chi connectivity index (χ2v) is 13.6. The Labute approximate surface area is 294 Å². The molecule has 2 aliphatic heterocycles. The predicted molar refractivity (Wildman–Crippen MR) is 198 cm³/mol. The average Bonchev–Trinajstić information content (AvgIpc) is 3.14. The number of anilines is 1. The van der Waals surface area contributed by atoms with Crippen molar-refractivity contribution in [3.63, 3.8) is 0 Å². The molecule has 3 aromatic carbocycles. The van der Waals surface area contributed by atoms with Gasteiger partial charge in [-0.2, -0.15) is 0 Å². The molecule has 0 aliphatic carbocycles. The summed E-state index contributed by atoms with van der Waals surface area (Å²) in [5, 5.41) is 0. The minimum Gasteiger partial charge on any atom is -0.493 e. The van der Waals surface area contributed by atoms with Crippen molar-refractivity contribution in [3.8, 4) is 23.0 Å². The van der Waals surface area contributed by atoms with Gasteiger partial charge >= 0.3 is 0 Å². The van der Waals surface area contributed by atoms with Gasteiger partial charge in [-0.3, -0.25) is 9.69 Å². The van der Waals surface area contributed by atoms with Gasteiger partial charge in [0.05, 0.1) is 33.4 Å². The summed E-state index contributed by atoms with van der Waals surface area (Å²) < 4.78 is 23.2. The summed E-state index contributed by atoms with van der Waals surface area (Å²) in [6.07, 6.45) is 8.11. The van der Waals surface area contributed by atoms with Crippen molar-refractivity contribution in [3.05, 3.63) is 77.4 Å². The van der Waals surface area contributed by atoms with Crippen LogP contribution in [-0.4, -0.2) is 83.4 Å². The van der Waals surface area contributed by atoms with Gasteiger partial charge in [-0.15, -0.1) is 0 Å². The zero-order valence-electron chi connectivity index (χ0n) is 30.6.